The number of carbonyl (C=O) groups is 1. The molecule has 0 aromatic carbocycles. The van der Waals surface area contributed by atoms with E-state index in [2.05, 4.69) is 67.8 Å². The molecule has 1 saturated heterocycles. The Morgan fingerprint density at radius 3 is 1.51 bits per heavy atom. The Morgan fingerprint density at radius 2 is 0.984 bits per heavy atom. The summed E-state index contributed by atoms with van der Waals surface area (Å²) >= 11 is 0. The number of carbonyl (C=O) groups excluding carboxylic acids is 1. The van der Waals surface area contributed by atoms with Gasteiger partial charge in [0.1, 0.15) is 24.4 Å². The average molecular weight is 860 g/mol. The van der Waals surface area contributed by atoms with E-state index in [1.807, 2.05) is 6.08 Å². The number of hydrogen-bond acceptors (Lipinski definition) is 8. The lowest BCUT2D eigenvalue weighted by atomic mass is 9.99. The molecule has 7 unspecified atom stereocenters. The molecule has 9 nitrogen and oxygen atoms in total. The Labute approximate surface area is 373 Å². The normalized spacial score (nSPS) is 20.9. The van der Waals surface area contributed by atoms with Gasteiger partial charge in [-0.3, -0.25) is 4.79 Å². The molecule has 7 atom stereocenters. The van der Waals surface area contributed by atoms with E-state index in [1.165, 1.54) is 116 Å². The van der Waals surface area contributed by atoms with E-state index in [-0.39, 0.29) is 12.5 Å². The van der Waals surface area contributed by atoms with Crippen LogP contribution in [-0.4, -0.2) is 87.5 Å². The molecule has 6 N–H and O–H groups in total. The van der Waals surface area contributed by atoms with Gasteiger partial charge in [-0.1, -0.05) is 184 Å². The topological polar surface area (TPSA) is 149 Å². The first-order chi connectivity index (χ1) is 29.8. The number of ether oxygens (including phenoxy) is 2. The molecule has 0 aliphatic carbocycles. The molecule has 0 spiro atoms. The van der Waals surface area contributed by atoms with Gasteiger partial charge in [0, 0.05) is 6.42 Å². The minimum atomic E-state index is -1.58. The Hall–Kier alpha value is -2.11. The molecule has 1 heterocycles. The third-order valence-electron chi connectivity index (χ3n) is 11.5. The predicted molar refractivity (Wildman–Crippen MR) is 253 cm³/mol. The number of aliphatic hydroxyl groups is 5. The number of rotatable bonds is 41. The van der Waals surface area contributed by atoms with Gasteiger partial charge in [-0.2, -0.15) is 0 Å². The van der Waals surface area contributed by atoms with E-state index in [1.54, 1.807) is 6.08 Å². The standard InChI is InChI=1S/C52H93NO8/c1-3-5-7-9-11-13-15-17-18-19-20-21-22-23-24-25-26-27-28-30-32-34-36-38-40-42-48(56)53-45(44-60-52-51(59)50(58)49(57)47(43-54)61-52)46(55)41-39-37-35-33-31-29-16-14-12-10-8-6-4-2/h12,14,20-21,23-24,31,33,39,41,45-47,49-52,54-55,57-59H,3-11,13,15-19,22,25-30,32,34-38,40,42-44H2,1-2H3,(H,53,56)/b14-12+,21-20-,24-23-,33-31+,41-39+. The molecule has 1 amide bonds. The van der Waals surface area contributed by atoms with Gasteiger partial charge in [-0.15, -0.1) is 0 Å². The molecule has 1 aliphatic heterocycles. The van der Waals surface area contributed by atoms with Gasteiger partial charge in [-0.05, 0) is 77.0 Å². The van der Waals surface area contributed by atoms with Crippen LogP contribution < -0.4 is 5.32 Å². The van der Waals surface area contributed by atoms with Crippen molar-refractivity contribution in [1.29, 1.82) is 0 Å². The van der Waals surface area contributed by atoms with E-state index in [0.717, 1.165) is 70.6 Å². The van der Waals surface area contributed by atoms with Crippen LogP contribution in [0.2, 0.25) is 0 Å². The molecule has 0 bridgehead atoms. The van der Waals surface area contributed by atoms with Crippen molar-refractivity contribution in [3.63, 3.8) is 0 Å². The number of hydrogen-bond donors (Lipinski definition) is 6. The van der Waals surface area contributed by atoms with Crippen LogP contribution >= 0.6 is 0 Å². The Balaban J connectivity index is 2.28. The quantitative estimate of drug-likeness (QED) is 0.0263. The largest absolute Gasteiger partial charge is 0.394 e. The predicted octanol–water partition coefficient (Wildman–Crippen LogP) is 11.2. The van der Waals surface area contributed by atoms with Crippen molar-refractivity contribution in [2.24, 2.45) is 0 Å². The van der Waals surface area contributed by atoms with Gasteiger partial charge in [0.15, 0.2) is 6.29 Å². The molecule has 0 radical (unpaired) electrons. The van der Waals surface area contributed by atoms with E-state index in [4.69, 9.17) is 9.47 Å². The zero-order chi connectivity index (χ0) is 44.4. The second-order valence-electron chi connectivity index (χ2n) is 17.2. The van der Waals surface area contributed by atoms with Crippen molar-refractivity contribution in [2.45, 2.75) is 249 Å². The van der Waals surface area contributed by atoms with Crippen LogP contribution in [0.3, 0.4) is 0 Å². The van der Waals surface area contributed by atoms with Crippen LogP contribution in [0.15, 0.2) is 60.8 Å². The summed E-state index contributed by atoms with van der Waals surface area (Å²) in [5.41, 5.74) is 0. The maximum absolute atomic E-state index is 13.0. The molecular weight excluding hydrogens is 767 g/mol. The van der Waals surface area contributed by atoms with Gasteiger partial charge in [0.2, 0.25) is 5.91 Å². The van der Waals surface area contributed by atoms with Crippen molar-refractivity contribution in [2.75, 3.05) is 13.2 Å². The second kappa shape index (κ2) is 41.9. The summed E-state index contributed by atoms with van der Waals surface area (Å²) in [6.45, 7) is 3.71. The lowest BCUT2D eigenvalue weighted by Crippen LogP contribution is -2.60. The van der Waals surface area contributed by atoms with Crippen molar-refractivity contribution in [3.05, 3.63) is 60.8 Å². The number of unbranched alkanes of at least 4 members (excludes halogenated alkanes) is 23. The summed E-state index contributed by atoms with van der Waals surface area (Å²) < 4.78 is 11.2. The first-order valence-electron chi connectivity index (χ1n) is 25.0. The van der Waals surface area contributed by atoms with Crippen LogP contribution in [-0.2, 0) is 14.3 Å². The summed E-state index contributed by atoms with van der Waals surface area (Å²) in [5, 5.41) is 54.2. The summed E-state index contributed by atoms with van der Waals surface area (Å²) in [5.74, 6) is -0.198. The maximum Gasteiger partial charge on any atom is 0.220 e. The Kier molecular flexibility index (Phi) is 39.1. The maximum atomic E-state index is 13.0. The number of aliphatic hydroxyl groups excluding tert-OH is 5. The lowest BCUT2D eigenvalue weighted by Gasteiger charge is -2.40. The van der Waals surface area contributed by atoms with Crippen LogP contribution in [0, 0.1) is 0 Å². The SMILES string of the molecule is CCCCC/C=C/CC/C=C/CC/C=C/C(O)C(COC1OC(CO)C(O)C(O)C1O)NC(=O)CCCCCCCCCCC/C=C\C/C=C\CCCCCCCCCCC. The third-order valence-corrected chi connectivity index (χ3v) is 11.5. The minimum absolute atomic E-state index is 0.198. The molecule has 61 heavy (non-hydrogen) atoms. The smallest absolute Gasteiger partial charge is 0.220 e. The molecular formula is C52H93NO8. The summed E-state index contributed by atoms with van der Waals surface area (Å²) in [6.07, 6.45) is 48.5. The molecule has 0 aromatic heterocycles. The zero-order valence-corrected chi connectivity index (χ0v) is 38.9. The van der Waals surface area contributed by atoms with Crippen LogP contribution in [0.4, 0.5) is 0 Å². The number of amides is 1. The highest BCUT2D eigenvalue weighted by Crippen LogP contribution is 2.22. The van der Waals surface area contributed by atoms with Gasteiger partial charge >= 0.3 is 0 Å². The van der Waals surface area contributed by atoms with E-state index in [9.17, 15) is 30.3 Å². The molecule has 1 rings (SSSR count). The highest BCUT2D eigenvalue weighted by Gasteiger charge is 2.44. The highest BCUT2D eigenvalue weighted by molar-refractivity contribution is 5.76. The first kappa shape index (κ1) is 56.9. The third kappa shape index (κ3) is 32.2. The lowest BCUT2D eigenvalue weighted by molar-refractivity contribution is -0.302. The van der Waals surface area contributed by atoms with E-state index < -0.39 is 49.5 Å². The molecule has 1 aliphatic rings. The second-order valence-corrected chi connectivity index (χ2v) is 17.2. The van der Waals surface area contributed by atoms with Crippen molar-refractivity contribution in [1.82, 2.24) is 5.32 Å². The fourth-order valence-electron chi connectivity index (χ4n) is 7.51. The van der Waals surface area contributed by atoms with Crippen LogP contribution in [0.5, 0.6) is 0 Å². The first-order valence-corrected chi connectivity index (χ1v) is 25.0. The van der Waals surface area contributed by atoms with Gasteiger partial charge in [0.25, 0.3) is 0 Å². The molecule has 0 aromatic rings. The fourth-order valence-corrected chi connectivity index (χ4v) is 7.51. The number of allylic oxidation sites excluding steroid dienone is 9. The van der Waals surface area contributed by atoms with Crippen LogP contribution in [0.25, 0.3) is 0 Å². The molecule has 0 saturated carbocycles. The minimum Gasteiger partial charge on any atom is -0.394 e. The van der Waals surface area contributed by atoms with Gasteiger partial charge < -0.3 is 40.3 Å². The zero-order valence-electron chi connectivity index (χ0n) is 38.9. The molecule has 9 heteroatoms. The summed E-state index contributed by atoms with van der Waals surface area (Å²) in [7, 11) is 0. The fraction of sp³-hybridized carbons (Fsp3) is 0.788. The van der Waals surface area contributed by atoms with Crippen molar-refractivity contribution >= 4 is 5.91 Å². The van der Waals surface area contributed by atoms with Crippen molar-refractivity contribution in [3.8, 4) is 0 Å². The van der Waals surface area contributed by atoms with Gasteiger partial charge in [0.05, 0.1) is 25.4 Å². The van der Waals surface area contributed by atoms with Crippen molar-refractivity contribution < 1.29 is 39.8 Å². The Morgan fingerprint density at radius 1 is 0.557 bits per heavy atom. The summed E-state index contributed by atoms with van der Waals surface area (Å²) in [6, 6.07) is -0.831. The number of nitrogens with one attached hydrogen (secondary N) is 1. The molecule has 354 valence electrons. The highest BCUT2D eigenvalue weighted by atomic mass is 16.7. The van der Waals surface area contributed by atoms with Gasteiger partial charge in [-0.25, -0.2) is 0 Å². The van der Waals surface area contributed by atoms with E-state index in [0.29, 0.717) is 6.42 Å². The average Bonchev–Trinajstić information content (AvgIpc) is 3.26. The van der Waals surface area contributed by atoms with Crippen LogP contribution in [0.1, 0.15) is 206 Å². The summed E-state index contributed by atoms with van der Waals surface area (Å²) in [4.78, 5) is 13.0. The Bertz CT molecular complexity index is 1140. The molecule has 1 fully saturated rings. The monoisotopic (exact) mass is 860 g/mol. The van der Waals surface area contributed by atoms with E-state index >= 15 is 0 Å².